The molecule has 4 nitrogen and oxygen atoms in total. The van der Waals surface area contributed by atoms with Gasteiger partial charge in [-0.3, -0.25) is 4.84 Å². The smallest absolute Gasteiger partial charge is 0.336 e. The third-order valence-electron chi connectivity index (χ3n) is 2.46. The Morgan fingerprint density at radius 2 is 2.33 bits per heavy atom. The summed E-state index contributed by atoms with van der Waals surface area (Å²) in [5, 5.41) is 0. The number of nitrogens with two attached hydrogens (primary N) is 1. The van der Waals surface area contributed by atoms with Crippen LogP contribution in [-0.2, 0) is 4.84 Å². The molecule has 0 aromatic carbocycles. The van der Waals surface area contributed by atoms with E-state index >= 15 is 0 Å². The van der Waals surface area contributed by atoms with Gasteiger partial charge < -0.3 is 5.73 Å². The SMILES string of the molecule is CC1(C)CCCC1ONC(N)=O. The number of amides is 2. The van der Waals surface area contributed by atoms with Crippen molar-refractivity contribution in [3.8, 4) is 0 Å². The summed E-state index contributed by atoms with van der Waals surface area (Å²) in [7, 11) is 0. The molecule has 1 unspecified atom stereocenters. The molecule has 1 aliphatic carbocycles. The maximum Gasteiger partial charge on any atom is 0.336 e. The first-order chi connectivity index (χ1) is 5.52. The number of urea groups is 1. The summed E-state index contributed by atoms with van der Waals surface area (Å²) < 4.78 is 0. The van der Waals surface area contributed by atoms with E-state index in [2.05, 4.69) is 19.3 Å². The number of primary amides is 1. The Balaban J connectivity index is 2.36. The van der Waals surface area contributed by atoms with Gasteiger partial charge >= 0.3 is 6.03 Å². The largest absolute Gasteiger partial charge is 0.350 e. The van der Waals surface area contributed by atoms with E-state index in [1.807, 2.05) is 0 Å². The van der Waals surface area contributed by atoms with Gasteiger partial charge in [-0.1, -0.05) is 20.3 Å². The van der Waals surface area contributed by atoms with E-state index in [-0.39, 0.29) is 11.5 Å². The molecule has 0 aromatic heterocycles. The van der Waals surface area contributed by atoms with Gasteiger partial charge in [0.15, 0.2) is 0 Å². The van der Waals surface area contributed by atoms with Gasteiger partial charge in [0, 0.05) is 0 Å². The van der Waals surface area contributed by atoms with Crippen LogP contribution in [0.4, 0.5) is 4.79 Å². The second kappa shape index (κ2) is 3.31. The van der Waals surface area contributed by atoms with Crippen LogP contribution in [0.25, 0.3) is 0 Å². The van der Waals surface area contributed by atoms with Crippen molar-refractivity contribution in [3.05, 3.63) is 0 Å². The highest BCUT2D eigenvalue weighted by molar-refractivity contribution is 5.70. The van der Waals surface area contributed by atoms with Crippen LogP contribution in [0.15, 0.2) is 0 Å². The van der Waals surface area contributed by atoms with E-state index in [4.69, 9.17) is 10.6 Å². The van der Waals surface area contributed by atoms with Crippen LogP contribution in [0.2, 0.25) is 0 Å². The Kier molecular flexibility index (Phi) is 2.57. The van der Waals surface area contributed by atoms with Crippen molar-refractivity contribution in [2.75, 3.05) is 0 Å². The number of hydroxylamine groups is 1. The number of hydrogen-bond acceptors (Lipinski definition) is 2. The van der Waals surface area contributed by atoms with Crippen molar-refractivity contribution >= 4 is 6.03 Å². The van der Waals surface area contributed by atoms with E-state index in [0.29, 0.717) is 0 Å². The van der Waals surface area contributed by atoms with Crippen molar-refractivity contribution in [3.63, 3.8) is 0 Å². The molecule has 4 heteroatoms. The zero-order valence-electron chi connectivity index (χ0n) is 7.59. The quantitative estimate of drug-likeness (QED) is 0.614. The van der Waals surface area contributed by atoms with Crippen LogP contribution < -0.4 is 11.2 Å². The standard InChI is InChI=1S/C8H16N2O2/c1-8(2)5-3-4-6(8)12-10-7(9)11/h6H,3-5H2,1-2H3,(H3,9,10,11). The highest BCUT2D eigenvalue weighted by Gasteiger charge is 2.35. The highest BCUT2D eigenvalue weighted by atomic mass is 16.7. The normalized spacial score (nSPS) is 27.0. The second-order valence-corrected chi connectivity index (χ2v) is 3.95. The first-order valence-electron chi connectivity index (χ1n) is 4.23. The fourth-order valence-corrected chi connectivity index (χ4v) is 1.64. The number of hydrogen-bond donors (Lipinski definition) is 2. The molecule has 0 radical (unpaired) electrons. The third-order valence-corrected chi connectivity index (χ3v) is 2.46. The minimum Gasteiger partial charge on any atom is -0.350 e. The molecule has 12 heavy (non-hydrogen) atoms. The van der Waals surface area contributed by atoms with Gasteiger partial charge in [-0.25, -0.2) is 10.3 Å². The van der Waals surface area contributed by atoms with Gasteiger partial charge in [0.05, 0.1) is 6.10 Å². The van der Waals surface area contributed by atoms with Crippen LogP contribution in [0.1, 0.15) is 33.1 Å². The highest BCUT2D eigenvalue weighted by Crippen LogP contribution is 2.38. The van der Waals surface area contributed by atoms with Crippen molar-refractivity contribution < 1.29 is 9.63 Å². The molecule has 0 heterocycles. The maximum absolute atomic E-state index is 10.4. The minimum absolute atomic E-state index is 0.102. The summed E-state index contributed by atoms with van der Waals surface area (Å²) in [6.07, 6.45) is 3.38. The van der Waals surface area contributed by atoms with Crippen LogP contribution in [0.5, 0.6) is 0 Å². The zero-order chi connectivity index (χ0) is 9.19. The van der Waals surface area contributed by atoms with Gasteiger partial charge in [0.2, 0.25) is 0 Å². The molecule has 0 aliphatic heterocycles. The van der Waals surface area contributed by atoms with E-state index in [9.17, 15) is 4.79 Å². The van der Waals surface area contributed by atoms with Crippen molar-refractivity contribution in [2.45, 2.75) is 39.2 Å². The predicted molar refractivity (Wildman–Crippen MR) is 45.2 cm³/mol. The van der Waals surface area contributed by atoms with Gasteiger partial charge in [-0.2, -0.15) is 0 Å². The van der Waals surface area contributed by atoms with Crippen molar-refractivity contribution in [2.24, 2.45) is 11.1 Å². The number of carbonyl (C=O) groups excluding carboxylic acids is 1. The summed E-state index contributed by atoms with van der Waals surface area (Å²) in [5.41, 5.74) is 7.22. The average molecular weight is 172 g/mol. The molecule has 0 spiro atoms. The first-order valence-corrected chi connectivity index (χ1v) is 4.23. The molecule has 1 saturated carbocycles. The molecule has 70 valence electrons. The predicted octanol–water partition coefficient (Wildman–Crippen LogP) is 1.17. The number of nitrogens with one attached hydrogen (secondary N) is 1. The molecule has 2 amide bonds. The van der Waals surface area contributed by atoms with E-state index in [1.54, 1.807) is 0 Å². The lowest BCUT2D eigenvalue weighted by atomic mass is 9.89. The molecular formula is C8H16N2O2. The first kappa shape index (κ1) is 9.32. The Morgan fingerprint density at radius 1 is 1.67 bits per heavy atom. The fourth-order valence-electron chi connectivity index (χ4n) is 1.64. The van der Waals surface area contributed by atoms with Crippen LogP contribution in [-0.4, -0.2) is 12.1 Å². The zero-order valence-corrected chi connectivity index (χ0v) is 7.59. The summed E-state index contributed by atoms with van der Waals surface area (Å²) in [4.78, 5) is 15.5. The van der Waals surface area contributed by atoms with Crippen molar-refractivity contribution in [1.29, 1.82) is 0 Å². The molecular weight excluding hydrogens is 156 g/mol. The van der Waals surface area contributed by atoms with Gasteiger partial charge in [-0.15, -0.1) is 0 Å². The molecule has 1 rings (SSSR count). The summed E-state index contributed by atoms with van der Waals surface area (Å²) >= 11 is 0. The number of carbonyl (C=O) groups is 1. The van der Waals surface area contributed by atoms with Crippen LogP contribution in [0, 0.1) is 5.41 Å². The summed E-state index contributed by atoms with van der Waals surface area (Å²) in [6.45, 7) is 4.26. The van der Waals surface area contributed by atoms with Crippen LogP contribution in [0.3, 0.4) is 0 Å². The Labute approximate surface area is 72.4 Å². The number of rotatable bonds is 2. The average Bonchev–Trinajstić information content (AvgIpc) is 2.25. The van der Waals surface area contributed by atoms with Gasteiger partial charge in [0.25, 0.3) is 0 Å². The lowest BCUT2D eigenvalue weighted by Crippen LogP contribution is -2.37. The van der Waals surface area contributed by atoms with Gasteiger partial charge in [-0.05, 0) is 18.3 Å². The topological polar surface area (TPSA) is 64.3 Å². The molecule has 1 atom stereocenters. The second-order valence-electron chi connectivity index (χ2n) is 3.95. The van der Waals surface area contributed by atoms with E-state index in [0.717, 1.165) is 19.3 Å². The van der Waals surface area contributed by atoms with Crippen LogP contribution >= 0.6 is 0 Å². The third kappa shape index (κ3) is 2.11. The fraction of sp³-hybridized carbons (Fsp3) is 0.875. The van der Waals surface area contributed by atoms with Crippen molar-refractivity contribution in [1.82, 2.24) is 5.48 Å². The maximum atomic E-state index is 10.4. The minimum atomic E-state index is -0.627. The van der Waals surface area contributed by atoms with Gasteiger partial charge in [0.1, 0.15) is 0 Å². The summed E-state index contributed by atoms with van der Waals surface area (Å²) in [6, 6.07) is -0.627. The molecule has 0 aromatic rings. The molecule has 0 saturated heterocycles. The molecule has 1 fully saturated rings. The monoisotopic (exact) mass is 172 g/mol. The Bertz CT molecular complexity index is 180. The lowest BCUT2D eigenvalue weighted by Gasteiger charge is -2.25. The molecule has 1 aliphatic rings. The van der Waals surface area contributed by atoms with E-state index in [1.165, 1.54) is 0 Å². The molecule has 3 N–H and O–H groups in total. The Morgan fingerprint density at radius 3 is 2.75 bits per heavy atom. The summed E-state index contributed by atoms with van der Waals surface area (Å²) in [5.74, 6) is 0. The Hall–Kier alpha value is -0.770. The van der Waals surface area contributed by atoms with E-state index < -0.39 is 6.03 Å². The lowest BCUT2D eigenvalue weighted by molar-refractivity contribution is -0.0486. The molecule has 0 bridgehead atoms.